The third kappa shape index (κ3) is 2.36. The van der Waals surface area contributed by atoms with Gasteiger partial charge in [0.05, 0.1) is 6.61 Å². The Morgan fingerprint density at radius 3 is 3.00 bits per heavy atom. The molecule has 0 bridgehead atoms. The monoisotopic (exact) mass is 187 g/mol. The number of aromatic nitrogens is 1. The van der Waals surface area contributed by atoms with Gasteiger partial charge in [-0.05, 0) is 6.07 Å². The predicted octanol–water partition coefficient (Wildman–Crippen LogP) is 1.15. The van der Waals surface area contributed by atoms with Gasteiger partial charge in [-0.1, -0.05) is 11.6 Å². The van der Waals surface area contributed by atoms with Gasteiger partial charge >= 0.3 is 0 Å². The Kier molecular flexibility index (Phi) is 3.31. The van der Waals surface area contributed by atoms with Gasteiger partial charge in [0.15, 0.2) is 0 Å². The van der Waals surface area contributed by atoms with E-state index < -0.39 is 0 Å². The Morgan fingerprint density at radius 2 is 2.42 bits per heavy atom. The Morgan fingerprint density at radius 1 is 1.67 bits per heavy atom. The summed E-state index contributed by atoms with van der Waals surface area (Å²) in [7, 11) is 1.60. The van der Waals surface area contributed by atoms with Gasteiger partial charge in [-0.25, -0.2) is 0 Å². The Labute approximate surface area is 75.5 Å². The molecule has 0 spiro atoms. The van der Waals surface area contributed by atoms with Gasteiger partial charge in [0.2, 0.25) is 0 Å². The molecular formula is C8H10ClNO2. The summed E-state index contributed by atoms with van der Waals surface area (Å²) in [5.74, 6) is 0. The van der Waals surface area contributed by atoms with Crippen molar-refractivity contribution in [2.75, 3.05) is 13.7 Å². The molecule has 12 heavy (non-hydrogen) atoms. The first-order valence-corrected chi connectivity index (χ1v) is 3.97. The number of ether oxygens (including phenoxy) is 1. The molecule has 0 unspecified atom stereocenters. The molecular weight excluding hydrogens is 178 g/mol. The third-order valence-corrected chi connectivity index (χ3v) is 1.73. The molecule has 0 aliphatic rings. The second kappa shape index (κ2) is 4.28. The zero-order chi connectivity index (χ0) is 8.97. The van der Waals surface area contributed by atoms with Crippen molar-refractivity contribution in [1.29, 1.82) is 0 Å². The molecule has 0 N–H and O–H groups in total. The van der Waals surface area contributed by atoms with Crippen molar-refractivity contribution < 1.29 is 4.74 Å². The Balaban J connectivity index is 2.80. The second-order valence-corrected chi connectivity index (χ2v) is 2.81. The molecule has 0 amide bonds. The van der Waals surface area contributed by atoms with Crippen LogP contribution in [0, 0.1) is 0 Å². The lowest BCUT2D eigenvalue weighted by Gasteiger charge is -2.03. The molecule has 1 heterocycles. The van der Waals surface area contributed by atoms with E-state index in [1.54, 1.807) is 23.9 Å². The molecule has 3 nitrogen and oxygen atoms in total. The van der Waals surface area contributed by atoms with Gasteiger partial charge < -0.3 is 9.30 Å². The molecule has 0 aromatic carbocycles. The number of rotatable bonds is 3. The minimum absolute atomic E-state index is 0.0976. The van der Waals surface area contributed by atoms with Crippen LogP contribution in [0.5, 0.6) is 0 Å². The van der Waals surface area contributed by atoms with Crippen LogP contribution >= 0.6 is 11.6 Å². The lowest BCUT2D eigenvalue weighted by atomic mass is 10.4. The van der Waals surface area contributed by atoms with Crippen molar-refractivity contribution in [3.05, 3.63) is 33.7 Å². The standard InChI is InChI=1S/C8H10ClNO2/c1-12-5-4-10-3-2-7(9)6-8(10)11/h2-3,6H,4-5H2,1H3. The summed E-state index contributed by atoms with van der Waals surface area (Å²) in [6, 6.07) is 3.07. The van der Waals surface area contributed by atoms with E-state index >= 15 is 0 Å². The minimum atomic E-state index is -0.0976. The summed E-state index contributed by atoms with van der Waals surface area (Å²) in [6.45, 7) is 1.09. The molecule has 0 saturated carbocycles. The van der Waals surface area contributed by atoms with Crippen molar-refractivity contribution in [3.63, 3.8) is 0 Å². The van der Waals surface area contributed by atoms with Crippen LogP contribution in [0.1, 0.15) is 0 Å². The van der Waals surface area contributed by atoms with Gasteiger partial charge in [0.25, 0.3) is 5.56 Å². The first-order chi connectivity index (χ1) is 5.74. The number of hydrogen-bond acceptors (Lipinski definition) is 2. The Hall–Kier alpha value is -0.800. The van der Waals surface area contributed by atoms with Crippen LogP contribution in [-0.2, 0) is 11.3 Å². The smallest absolute Gasteiger partial charge is 0.252 e. The SMILES string of the molecule is COCCn1ccc(Cl)cc1=O. The first kappa shape index (κ1) is 9.29. The number of methoxy groups -OCH3 is 1. The highest BCUT2D eigenvalue weighted by Gasteiger charge is 1.95. The molecule has 0 saturated heterocycles. The van der Waals surface area contributed by atoms with Crippen LogP contribution in [0.15, 0.2) is 23.1 Å². The summed E-state index contributed by atoms with van der Waals surface area (Å²) in [5.41, 5.74) is -0.0976. The maximum atomic E-state index is 11.2. The number of pyridine rings is 1. The fraction of sp³-hybridized carbons (Fsp3) is 0.375. The fourth-order valence-electron chi connectivity index (χ4n) is 0.858. The van der Waals surface area contributed by atoms with Crippen molar-refractivity contribution in [1.82, 2.24) is 4.57 Å². The number of nitrogens with zero attached hydrogens (tertiary/aromatic N) is 1. The lowest BCUT2D eigenvalue weighted by molar-refractivity contribution is 0.186. The average molecular weight is 188 g/mol. The van der Waals surface area contributed by atoms with E-state index in [2.05, 4.69) is 0 Å². The highest BCUT2D eigenvalue weighted by molar-refractivity contribution is 6.30. The van der Waals surface area contributed by atoms with Gasteiger partial charge in [0, 0.05) is 30.9 Å². The van der Waals surface area contributed by atoms with Gasteiger partial charge in [-0.15, -0.1) is 0 Å². The predicted molar refractivity (Wildman–Crippen MR) is 47.6 cm³/mol. The molecule has 4 heteroatoms. The molecule has 0 atom stereocenters. The lowest BCUT2D eigenvalue weighted by Crippen LogP contribution is -2.20. The molecule has 1 rings (SSSR count). The van der Waals surface area contributed by atoms with Crippen molar-refractivity contribution in [2.45, 2.75) is 6.54 Å². The van der Waals surface area contributed by atoms with E-state index in [-0.39, 0.29) is 5.56 Å². The maximum absolute atomic E-state index is 11.2. The molecule has 1 aromatic rings. The highest BCUT2D eigenvalue weighted by atomic mass is 35.5. The van der Waals surface area contributed by atoms with E-state index in [1.165, 1.54) is 6.07 Å². The summed E-state index contributed by atoms with van der Waals surface area (Å²) >= 11 is 5.61. The third-order valence-electron chi connectivity index (χ3n) is 1.49. The van der Waals surface area contributed by atoms with Crippen LogP contribution in [0.4, 0.5) is 0 Å². The minimum Gasteiger partial charge on any atom is -0.383 e. The molecule has 1 aromatic heterocycles. The summed E-state index contributed by atoms with van der Waals surface area (Å²) < 4.78 is 6.39. The molecule has 0 aliphatic carbocycles. The van der Waals surface area contributed by atoms with E-state index in [0.717, 1.165) is 0 Å². The largest absolute Gasteiger partial charge is 0.383 e. The number of hydrogen-bond donors (Lipinski definition) is 0. The van der Waals surface area contributed by atoms with Crippen molar-refractivity contribution >= 4 is 11.6 Å². The molecule has 0 radical (unpaired) electrons. The summed E-state index contributed by atoms with van der Waals surface area (Å²) in [4.78, 5) is 11.2. The van der Waals surface area contributed by atoms with E-state index in [4.69, 9.17) is 16.3 Å². The topological polar surface area (TPSA) is 31.2 Å². The second-order valence-electron chi connectivity index (χ2n) is 2.37. The van der Waals surface area contributed by atoms with E-state index in [1.807, 2.05) is 0 Å². The molecule has 66 valence electrons. The van der Waals surface area contributed by atoms with Crippen LogP contribution < -0.4 is 5.56 Å². The molecule has 0 fully saturated rings. The average Bonchev–Trinajstić information content (AvgIpc) is 2.03. The van der Waals surface area contributed by atoms with Gasteiger partial charge in [0.1, 0.15) is 0 Å². The quantitative estimate of drug-likeness (QED) is 0.711. The summed E-state index contributed by atoms with van der Waals surface area (Å²) in [5, 5.41) is 0.466. The van der Waals surface area contributed by atoms with Gasteiger partial charge in [-0.3, -0.25) is 4.79 Å². The number of halogens is 1. The van der Waals surface area contributed by atoms with Crippen LogP contribution in [0.2, 0.25) is 5.02 Å². The zero-order valence-corrected chi connectivity index (χ0v) is 7.54. The van der Waals surface area contributed by atoms with Crippen molar-refractivity contribution in [3.8, 4) is 0 Å². The van der Waals surface area contributed by atoms with Crippen LogP contribution in [-0.4, -0.2) is 18.3 Å². The van der Waals surface area contributed by atoms with E-state index in [9.17, 15) is 4.79 Å². The van der Waals surface area contributed by atoms with Crippen LogP contribution in [0.3, 0.4) is 0 Å². The zero-order valence-electron chi connectivity index (χ0n) is 6.79. The fourth-order valence-corrected chi connectivity index (χ4v) is 1.01. The molecule has 0 aliphatic heterocycles. The normalized spacial score (nSPS) is 10.2. The van der Waals surface area contributed by atoms with Crippen LogP contribution in [0.25, 0.3) is 0 Å². The van der Waals surface area contributed by atoms with E-state index in [0.29, 0.717) is 18.2 Å². The highest BCUT2D eigenvalue weighted by Crippen LogP contribution is 2.01. The van der Waals surface area contributed by atoms with Crippen molar-refractivity contribution in [2.24, 2.45) is 0 Å². The maximum Gasteiger partial charge on any atom is 0.252 e. The first-order valence-electron chi connectivity index (χ1n) is 3.59. The Bertz CT molecular complexity index is 308. The van der Waals surface area contributed by atoms with Gasteiger partial charge in [-0.2, -0.15) is 0 Å². The summed E-state index contributed by atoms with van der Waals surface area (Å²) in [6.07, 6.45) is 1.66.